The first-order chi connectivity index (χ1) is 9.22. The van der Waals surface area contributed by atoms with Crippen LogP contribution in [0.15, 0.2) is 22.6 Å². The van der Waals surface area contributed by atoms with E-state index in [-0.39, 0.29) is 0 Å². The minimum Gasteiger partial charge on any atom is -0.369 e. The number of thiazole rings is 1. The molecule has 3 heterocycles. The molecule has 1 aliphatic heterocycles. The van der Waals surface area contributed by atoms with Crippen LogP contribution in [-0.4, -0.2) is 33.9 Å². The van der Waals surface area contributed by atoms with Gasteiger partial charge in [0.25, 0.3) is 0 Å². The first-order valence-electron chi connectivity index (χ1n) is 6.42. The van der Waals surface area contributed by atoms with Gasteiger partial charge in [-0.25, -0.2) is 4.98 Å². The monoisotopic (exact) mass is 275 g/mol. The normalized spacial score (nSPS) is 16.3. The molecule has 0 unspecified atom stereocenters. The molecule has 1 aliphatic rings. The minimum atomic E-state index is 0.587. The number of hydrogen-bond acceptors (Lipinski definition) is 3. The summed E-state index contributed by atoms with van der Waals surface area (Å²) in [7, 11) is 0. The summed E-state index contributed by atoms with van der Waals surface area (Å²) in [6.45, 7) is 4.04. The van der Waals surface area contributed by atoms with Crippen molar-refractivity contribution in [3.8, 4) is 11.3 Å². The second-order valence-electron chi connectivity index (χ2n) is 4.75. The molecule has 2 aromatic rings. The molecule has 0 aromatic carbocycles. The molecule has 0 spiro atoms. The second kappa shape index (κ2) is 5.05. The van der Waals surface area contributed by atoms with Crippen molar-refractivity contribution in [2.45, 2.75) is 19.8 Å². The van der Waals surface area contributed by atoms with E-state index in [4.69, 9.17) is 5.73 Å². The number of aliphatic imine (C=N–C) groups is 1. The first kappa shape index (κ1) is 12.2. The standard InChI is InChI=1S/C13H17N5S/c1-9-6-10(7-15-9)11-8-19-13(16-11)17-12(14)18-4-2-3-5-18/h6-8,15H,2-5H2,1H3,(H2,14,16,17). The number of nitrogens with zero attached hydrogens (tertiary/aromatic N) is 3. The topological polar surface area (TPSA) is 70.3 Å². The fraction of sp³-hybridized carbons (Fsp3) is 0.385. The van der Waals surface area contributed by atoms with E-state index in [1.165, 1.54) is 24.2 Å². The maximum atomic E-state index is 6.00. The smallest absolute Gasteiger partial charge is 0.212 e. The Labute approximate surface area is 116 Å². The molecular weight excluding hydrogens is 258 g/mol. The molecule has 3 N–H and O–H groups in total. The summed E-state index contributed by atoms with van der Waals surface area (Å²) < 4.78 is 0. The Kier molecular flexibility index (Phi) is 3.25. The average Bonchev–Trinajstić information content (AvgIpc) is 3.07. The predicted molar refractivity (Wildman–Crippen MR) is 78.7 cm³/mol. The van der Waals surface area contributed by atoms with Crippen LogP contribution < -0.4 is 5.73 Å². The van der Waals surface area contributed by atoms with Crippen molar-refractivity contribution in [3.63, 3.8) is 0 Å². The van der Waals surface area contributed by atoms with Gasteiger partial charge >= 0.3 is 0 Å². The molecule has 0 amide bonds. The number of rotatable bonds is 2. The average molecular weight is 275 g/mol. The minimum absolute atomic E-state index is 0.587. The van der Waals surface area contributed by atoms with Crippen LogP contribution in [0.3, 0.4) is 0 Å². The quantitative estimate of drug-likeness (QED) is 0.653. The molecule has 0 bridgehead atoms. The molecule has 0 atom stereocenters. The second-order valence-corrected chi connectivity index (χ2v) is 5.59. The highest BCUT2D eigenvalue weighted by Gasteiger charge is 2.14. The van der Waals surface area contributed by atoms with Crippen molar-refractivity contribution in [3.05, 3.63) is 23.3 Å². The number of guanidine groups is 1. The van der Waals surface area contributed by atoms with Gasteiger partial charge in [0.05, 0.1) is 5.69 Å². The van der Waals surface area contributed by atoms with Crippen molar-refractivity contribution in [2.75, 3.05) is 13.1 Å². The van der Waals surface area contributed by atoms with Crippen molar-refractivity contribution < 1.29 is 0 Å². The lowest BCUT2D eigenvalue weighted by molar-refractivity contribution is 0.513. The number of nitrogens with one attached hydrogen (secondary N) is 1. The number of aromatic nitrogens is 2. The van der Waals surface area contributed by atoms with Crippen molar-refractivity contribution in [2.24, 2.45) is 10.7 Å². The third-order valence-corrected chi connectivity index (χ3v) is 3.99. The summed E-state index contributed by atoms with van der Waals surface area (Å²) in [6, 6.07) is 2.08. The van der Waals surface area contributed by atoms with Crippen LogP contribution in [0.25, 0.3) is 11.3 Å². The van der Waals surface area contributed by atoms with Gasteiger partial charge in [-0.05, 0) is 25.8 Å². The number of hydrogen-bond donors (Lipinski definition) is 2. The molecular formula is C13H17N5S. The zero-order valence-corrected chi connectivity index (χ0v) is 11.7. The molecule has 1 saturated heterocycles. The van der Waals surface area contributed by atoms with E-state index in [1.54, 1.807) is 0 Å². The molecule has 0 aliphatic carbocycles. The fourth-order valence-corrected chi connectivity index (χ4v) is 2.92. The predicted octanol–water partition coefficient (Wildman–Crippen LogP) is 2.49. The summed E-state index contributed by atoms with van der Waals surface area (Å²) in [6.07, 6.45) is 4.35. The van der Waals surface area contributed by atoms with E-state index in [0.717, 1.165) is 35.2 Å². The highest BCUT2D eigenvalue weighted by atomic mass is 32.1. The third-order valence-electron chi connectivity index (χ3n) is 3.26. The number of aromatic amines is 1. The van der Waals surface area contributed by atoms with Crippen LogP contribution in [0, 0.1) is 6.92 Å². The number of aryl methyl sites for hydroxylation is 1. The molecule has 3 rings (SSSR count). The van der Waals surface area contributed by atoms with Crippen LogP contribution in [0.5, 0.6) is 0 Å². The van der Waals surface area contributed by atoms with Gasteiger partial charge in [-0.1, -0.05) is 0 Å². The summed E-state index contributed by atoms with van der Waals surface area (Å²) in [5, 5.41) is 2.73. The summed E-state index contributed by atoms with van der Waals surface area (Å²) in [5.41, 5.74) is 9.17. The van der Waals surface area contributed by atoms with Crippen molar-refractivity contribution in [1.82, 2.24) is 14.9 Å². The number of nitrogens with two attached hydrogens (primary N) is 1. The van der Waals surface area contributed by atoms with Gasteiger partial charge in [-0.15, -0.1) is 11.3 Å². The Morgan fingerprint density at radius 2 is 2.26 bits per heavy atom. The van der Waals surface area contributed by atoms with Gasteiger partial charge in [-0.3, -0.25) is 0 Å². The Morgan fingerprint density at radius 3 is 2.95 bits per heavy atom. The van der Waals surface area contributed by atoms with Gasteiger partial charge in [0, 0.05) is 35.9 Å². The van der Waals surface area contributed by atoms with Crippen LogP contribution in [0.2, 0.25) is 0 Å². The molecule has 5 nitrogen and oxygen atoms in total. The molecule has 100 valence electrons. The Morgan fingerprint density at radius 1 is 1.47 bits per heavy atom. The number of H-pyrrole nitrogens is 1. The summed E-state index contributed by atoms with van der Waals surface area (Å²) in [4.78, 5) is 14.2. The summed E-state index contributed by atoms with van der Waals surface area (Å²) in [5.74, 6) is 0.587. The fourth-order valence-electron chi connectivity index (χ4n) is 2.22. The van der Waals surface area contributed by atoms with Gasteiger partial charge in [0.15, 0.2) is 5.96 Å². The molecule has 0 radical (unpaired) electrons. The highest BCUT2D eigenvalue weighted by molar-refractivity contribution is 7.13. The van der Waals surface area contributed by atoms with Gasteiger partial charge < -0.3 is 15.6 Å². The zero-order chi connectivity index (χ0) is 13.2. The molecule has 1 fully saturated rings. The van der Waals surface area contributed by atoms with Crippen molar-refractivity contribution in [1.29, 1.82) is 0 Å². The molecule has 6 heteroatoms. The molecule has 2 aromatic heterocycles. The lowest BCUT2D eigenvalue weighted by Crippen LogP contribution is -2.34. The zero-order valence-electron chi connectivity index (χ0n) is 10.9. The SMILES string of the molecule is Cc1cc(-c2csc(/N=C(\N)N3CCCC3)n2)c[nH]1. The number of likely N-dealkylation sites (tertiary alicyclic amines) is 1. The molecule has 19 heavy (non-hydrogen) atoms. The Balaban J connectivity index is 1.79. The lowest BCUT2D eigenvalue weighted by Gasteiger charge is -2.14. The third kappa shape index (κ3) is 2.63. The largest absolute Gasteiger partial charge is 0.369 e. The van der Waals surface area contributed by atoms with E-state index in [0.29, 0.717) is 5.96 Å². The van der Waals surface area contributed by atoms with Gasteiger partial charge in [0.1, 0.15) is 0 Å². The van der Waals surface area contributed by atoms with E-state index >= 15 is 0 Å². The van der Waals surface area contributed by atoms with E-state index in [1.807, 2.05) is 18.5 Å². The van der Waals surface area contributed by atoms with Crippen LogP contribution >= 0.6 is 11.3 Å². The Bertz CT molecular complexity index is 592. The van der Waals surface area contributed by atoms with E-state index in [9.17, 15) is 0 Å². The molecule has 0 saturated carbocycles. The van der Waals surface area contributed by atoms with Crippen LogP contribution in [0.1, 0.15) is 18.5 Å². The van der Waals surface area contributed by atoms with Crippen molar-refractivity contribution >= 4 is 22.4 Å². The Hall–Kier alpha value is -1.82. The maximum Gasteiger partial charge on any atom is 0.212 e. The maximum absolute atomic E-state index is 6.00. The van der Waals surface area contributed by atoms with Crippen LogP contribution in [-0.2, 0) is 0 Å². The highest BCUT2D eigenvalue weighted by Crippen LogP contribution is 2.27. The van der Waals surface area contributed by atoms with Gasteiger partial charge in [0.2, 0.25) is 5.13 Å². The van der Waals surface area contributed by atoms with Crippen LogP contribution in [0.4, 0.5) is 5.13 Å². The summed E-state index contributed by atoms with van der Waals surface area (Å²) >= 11 is 1.52. The van der Waals surface area contributed by atoms with Gasteiger partial charge in [-0.2, -0.15) is 4.99 Å². The first-order valence-corrected chi connectivity index (χ1v) is 7.30. The van der Waals surface area contributed by atoms with E-state index in [2.05, 4.69) is 25.9 Å². The van der Waals surface area contributed by atoms with E-state index < -0.39 is 0 Å². The lowest BCUT2D eigenvalue weighted by atomic mass is 10.2.